The Bertz CT molecular complexity index is 5320. The molecule has 6 heterocycles. The van der Waals surface area contributed by atoms with E-state index < -0.39 is 0 Å². The Hall–Kier alpha value is -9.66. The molecule has 6 aromatic heterocycles. The lowest BCUT2D eigenvalue weighted by molar-refractivity contribution is 0.667. The topological polar surface area (TPSA) is 65.2 Å². The zero-order valence-corrected chi connectivity index (χ0v) is 42.5. The quantitative estimate of drug-likeness (QED) is 0.166. The van der Waals surface area contributed by atoms with Crippen molar-refractivity contribution >= 4 is 129 Å². The summed E-state index contributed by atoms with van der Waals surface area (Å²) in [7, 11) is 0. The molecule has 0 spiro atoms. The van der Waals surface area contributed by atoms with Crippen molar-refractivity contribution in [2.45, 2.75) is 0 Å². The third kappa shape index (κ3) is 6.58. The molecule has 7 heteroatoms. The lowest BCUT2D eigenvalue weighted by Crippen LogP contribution is -1.95. The van der Waals surface area contributed by atoms with Crippen LogP contribution in [0.3, 0.4) is 0 Å². The Balaban J connectivity index is 0.861. The molecular weight excluding hydrogens is 981 g/mol. The van der Waals surface area contributed by atoms with E-state index in [-0.39, 0.29) is 0 Å². The van der Waals surface area contributed by atoms with E-state index in [1.165, 1.54) is 57.0 Å². The van der Waals surface area contributed by atoms with Crippen molar-refractivity contribution in [3.8, 4) is 67.2 Å². The maximum atomic E-state index is 6.96. The van der Waals surface area contributed by atoms with Gasteiger partial charge in [0.25, 0.3) is 0 Å². The highest BCUT2D eigenvalue weighted by Crippen LogP contribution is 2.46. The number of thiophene rings is 2. The van der Waals surface area contributed by atoms with Gasteiger partial charge >= 0.3 is 0 Å². The first-order chi connectivity index (χ1) is 38.1. The van der Waals surface area contributed by atoms with Crippen LogP contribution in [0.5, 0.6) is 0 Å². The fourth-order valence-corrected chi connectivity index (χ4v) is 14.4. The van der Waals surface area contributed by atoms with Gasteiger partial charge in [0, 0.05) is 78.4 Å². The number of fused-ring (bicyclic) bond motifs is 15. The summed E-state index contributed by atoms with van der Waals surface area (Å²) in [4.78, 5) is 11.1. The molecule has 0 unspecified atom stereocenters. The van der Waals surface area contributed by atoms with Crippen molar-refractivity contribution in [3.05, 3.63) is 231 Å². The van der Waals surface area contributed by atoms with Gasteiger partial charge in [0.15, 0.2) is 11.4 Å². The molecule has 358 valence electrons. The summed E-state index contributed by atoms with van der Waals surface area (Å²) in [6, 6.07) is 82.0. The van der Waals surface area contributed by atoms with Crippen molar-refractivity contribution in [2.75, 3.05) is 0 Å². The van der Waals surface area contributed by atoms with Gasteiger partial charge < -0.3 is 13.3 Å². The first-order valence-corrected chi connectivity index (χ1v) is 27.4. The maximum Gasteiger partial charge on any atom is 0.180 e. The minimum atomic E-state index is 0.584. The summed E-state index contributed by atoms with van der Waals surface area (Å²) >= 11 is 3.69. The fourth-order valence-electron chi connectivity index (χ4n) is 11.9. The monoisotopic (exact) mass is 1020 g/mol. The Morgan fingerprint density at radius 3 is 1.45 bits per heavy atom. The van der Waals surface area contributed by atoms with Crippen LogP contribution < -0.4 is 0 Å². The minimum absolute atomic E-state index is 0.584. The lowest BCUT2D eigenvalue weighted by atomic mass is 9.97. The van der Waals surface area contributed by atoms with Crippen LogP contribution in [0.4, 0.5) is 0 Å². The molecule has 0 saturated carbocycles. The lowest BCUT2D eigenvalue weighted by Gasteiger charge is -2.10. The second kappa shape index (κ2) is 16.4. The molecule has 17 aromatic rings. The largest absolute Gasteiger partial charge is 0.456 e. The molecule has 0 aliphatic carbocycles. The van der Waals surface area contributed by atoms with Gasteiger partial charge in [0.2, 0.25) is 0 Å². The molecule has 0 N–H and O–H groups in total. The Morgan fingerprint density at radius 1 is 0.286 bits per heavy atom. The second-order valence-corrected chi connectivity index (χ2v) is 22.0. The Labute approximate surface area is 447 Å². The van der Waals surface area contributed by atoms with Crippen LogP contribution in [0.2, 0.25) is 0 Å². The molecule has 0 aliphatic heterocycles. The van der Waals surface area contributed by atoms with Crippen molar-refractivity contribution < 1.29 is 13.3 Å². The SMILES string of the molecule is c1cc(-c2ccc3oc4c(-c5cccc(-c6cccc7c6sc6ccccc67)c5)nc(-c5cccc6oc7ccc(-c8ccc9oc%10ccccc%10c9c8)cc7c56)nc4c3c2)cc(-c2cccc3c2sc2ccccc23)c1. The Morgan fingerprint density at radius 2 is 0.753 bits per heavy atom. The van der Waals surface area contributed by atoms with Crippen LogP contribution in [-0.2, 0) is 0 Å². The van der Waals surface area contributed by atoms with E-state index in [2.05, 4.69) is 206 Å². The van der Waals surface area contributed by atoms with E-state index in [9.17, 15) is 0 Å². The van der Waals surface area contributed by atoms with E-state index >= 15 is 0 Å². The molecule has 77 heavy (non-hydrogen) atoms. The van der Waals surface area contributed by atoms with Gasteiger partial charge in [-0.25, -0.2) is 9.97 Å². The van der Waals surface area contributed by atoms with E-state index in [0.717, 1.165) is 105 Å². The zero-order valence-electron chi connectivity index (χ0n) is 40.9. The van der Waals surface area contributed by atoms with E-state index in [1.54, 1.807) is 0 Å². The summed E-state index contributed by atoms with van der Waals surface area (Å²) in [5, 5.41) is 10.2. The van der Waals surface area contributed by atoms with Crippen molar-refractivity contribution in [2.24, 2.45) is 0 Å². The number of hydrogen-bond acceptors (Lipinski definition) is 7. The number of aromatic nitrogens is 2. The van der Waals surface area contributed by atoms with Gasteiger partial charge in [0.05, 0.1) is 0 Å². The number of furan rings is 3. The van der Waals surface area contributed by atoms with Crippen molar-refractivity contribution in [1.29, 1.82) is 0 Å². The van der Waals surface area contributed by atoms with Gasteiger partial charge in [-0.05, 0) is 117 Å². The smallest absolute Gasteiger partial charge is 0.180 e. The van der Waals surface area contributed by atoms with E-state index in [1.807, 2.05) is 46.9 Å². The van der Waals surface area contributed by atoms with Gasteiger partial charge in [-0.15, -0.1) is 22.7 Å². The van der Waals surface area contributed by atoms with Crippen LogP contribution in [0.15, 0.2) is 244 Å². The maximum absolute atomic E-state index is 6.96. The van der Waals surface area contributed by atoms with Crippen molar-refractivity contribution in [3.63, 3.8) is 0 Å². The molecule has 5 nitrogen and oxygen atoms in total. The normalized spacial score (nSPS) is 12.2. The highest BCUT2D eigenvalue weighted by atomic mass is 32.1. The van der Waals surface area contributed by atoms with Crippen LogP contribution in [0.1, 0.15) is 0 Å². The highest BCUT2D eigenvalue weighted by molar-refractivity contribution is 7.26. The molecule has 0 saturated heterocycles. The molecule has 17 rings (SSSR count). The number of benzene rings is 11. The molecule has 0 fully saturated rings. The number of rotatable bonds is 6. The standard InChI is InChI=1S/C70H38N2O3S2/c1-4-24-57-48(16-1)54-36-40(28-31-58(54)73-57)41-29-32-59-55(37-41)64-53(23-11-25-61(64)74-59)70-71-65(45-15-8-14-44(35-45)47-20-10-22-52-50-18-3-6-27-63(50)77-69(47)52)67-66(72-70)56-38-42(30-33-60(56)75-67)39-12-7-13-43(34-39)46-19-9-21-51-49-17-2-5-26-62(49)76-68(46)51/h1-38H. The summed E-state index contributed by atoms with van der Waals surface area (Å²) in [5.41, 5.74) is 17.0. The number of hydrogen-bond donors (Lipinski definition) is 0. The van der Waals surface area contributed by atoms with E-state index in [0.29, 0.717) is 11.4 Å². The second-order valence-electron chi connectivity index (χ2n) is 19.9. The first kappa shape index (κ1) is 42.7. The number of nitrogens with zero attached hydrogens (tertiary/aromatic N) is 2. The summed E-state index contributed by atoms with van der Waals surface area (Å²) in [6.07, 6.45) is 0. The third-order valence-electron chi connectivity index (χ3n) is 15.5. The predicted octanol–water partition coefficient (Wildman–Crippen LogP) is 20.9. The summed E-state index contributed by atoms with van der Waals surface area (Å²) in [5.74, 6) is 0.584. The summed E-state index contributed by atoms with van der Waals surface area (Å²) < 4.78 is 25.0. The molecule has 11 aromatic carbocycles. The molecular formula is C70H38N2O3S2. The molecule has 0 radical (unpaired) electrons. The average molecular weight is 1020 g/mol. The third-order valence-corrected chi connectivity index (χ3v) is 18.0. The highest BCUT2D eigenvalue weighted by Gasteiger charge is 2.23. The Kier molecular flexibility index (Phi) is 9.10. The predicted molar refractivity (Wildman–Crippen MR) is 322 cm³/mol. The van der Waals surface area contributed by atoms with Gasteiger partial charge in [-0.3, -0.25) is 0 Å². The van der Waals surface area contributed by atoms with Crippen LogP contribution in [0.25, 0.3) is 173 Å². The summed E-state index contributed by atoms with van der Waals surface area (Å²) in [6.45, 7) is 0. The molecule has 0 bridgehead atoms. The van der Waals surface area contributed by atoms with Crippen LogP contribution in [-0.4, -0.2) is 9.97 Å². The molecule has 0 aliphatic rings. The van der Waals surface area contributed by atoms with Crippen molar-refractivity contribution in [1.82, 2.24) is 9.97 Å². The fraction of sp³-hybridized carbons (Fsp3) is 0. The van der Waals surface area contributed by atoms with E-state index in [4.69, 9.17) is 23.2 Å². The van der Waals surface area contributed by atoms with Gasteiger partial charge in [-0.2, -0.15) is 0 Å². The van der Waals surface area contributed by atoms with Gasteiger partial charge in [-0.1, -0.05) is 158 Å². The number of para-hydroxylation sites is 1. The van der Waals surface area contributed by atoms with Gasteiger partial charge in [0.1, 0.15) is 39.1 Å². The van der Waals surface area contributed by atoms with Crippen LogP contribution >= 0.6 is 22.7 Å². The average Bonchev–Trinajstić information content (AvgIpc) is 4.45. The first-order valence-electron chi connectivity index (χ1n) is 25.8. The molecule has 0 amide bonds. The molecule has 0 atom stereocenters. The minimum Gasteiger partial charge on any atom is -0.456 e. The zero-order chi connectivity index (χ0) is 50.3. The van der Waals surface area contributed by atoms with Crippen LogP contribution in [0, 0.1) is 0 Å².